The lowest BCUT2D eigenvalue weighted by Crippen LogP contribution is -2.38. The second kappa shape index (κ2) is 9.86. The van der Waals surface area contributed by atoms with E-state index in [1.165, 1.54) is 25.2 Å². The Kier molecular flexibility index (Phi) is 7.54. The first-order chi connectivity index (χ1) is 12.9. The van der Waals surface area contributed by atoms with Gasteiger partial charge in [0, 0.05) is 31.0 Å². The fourth-order valence-corrected chi connectivity index (χ4v) is 2.55. The molecule has 9 heteroatoms. The summed E-state index contributed by atoms with van der Waals surface area (Å²) in [5, 5.41) is 6.26. The van der Waals surface area contributed by atoms with Crippen LogP contribution in [-0.2, 0) is 0 Å². The molecule has 1 heterocycles. The number of carbonyl (C=O) groups excluding carboxylic acids is 1. The first-order valence-electron chi connectivity index (χ1n) is 9.32. The van der Waals surface area contributed by atoms with E-state index in [0.29, 0.717) is 17.4 Å². The lowest BCUT2D eigenvalue weighted by molar-refractivity contribution is 0.0996. The normalized spacial score (nSPS) is 16.9. The number of hydrogen-bond donors (Lipinski definition) is 5. The molecule has 2 atom stereocenters. The van der Waals surface area contributed by atoms with Crippen LogP contribution in [0, 0.1) is 5.92 Å². The molecular formula is C18H30N8O. The first kappa shape index (κ1) is 20.6. The zero-order chi connectivity index (χ0) is 19.8. The van der Waals surface area contributed by atoms with E-state index in [4.69, 9.17) is 17.2 Å². The van der Waals surface area contributed by atoms with Gasteiger partial charge in [0.1, 0.15) is 5.82 Å². The molecular weight excluding hydrogens is 344 g/mol. The minimum absolute atomic E-state index is 0.0309. The molecule has 0 bridgehead atoms. The van der Waals surface area contributed by atoms with Crippen LogP contribution in [0.3, 0.4) is 0 Å². The summed E-state index contributed by atoms with van der Waals surface area (Å²) in [6, 6.07) is -0.0192. The van der Waals surface area contributed by atoms with Crippen molar-refractivity contribution in [2.45, 2.75) is 51.6 Å². The third-order valence-corrected chi connectivity index (χ3v) is 4.31. The molecule has 0 unspecified atom stereocenters. The van der Waals surface area contributed by atoms with Crippen LogP contribution in [0.1, 0.15) is 50.0 Å². The van der Waals surface area contributed by atoms with Crippen molar-refractivity contribution in [1.29, 1.82) is 0 Å². The molecule has 0 spiro atoms. The van der Waals surface area contributed by atoms with E-state index in [1.54, 1.807) is 6.21 Å². The van der Waals surface area contributed by atoms with Crippen molar-refractivity contribution in [3.8, 4) is 0 Å². The molecule has 1 aromatic heterocycles. The van der Waals surface area contributed by atoms with E-state index in [2.05, 4.69) is 32.5 Å². The zero-order valence-electron chi connectivity index (χ0n) is 16.0. The molecule has 148 valence electrons. The minimum Gasteiger partial charge on any atom is -0.403 e. The van der Waals surface area contributed by atoms with E-state index in [9.17, 15) is 4.79 Å². The lowest BCUT2D eigenvalue weighted by atomic mass is 10.1. The number of rotatable bonds is 11. The highest BCUT2D eigenvalue weighted by Crippen LogP contribution is 2.28. The number of amides is 1. The summed E-state index contributed by atoms with van der Waals surface area (Å²) >= 11 is 0. The average molecular weight is 374 g/mol. The van der Waals surface area contributed by atoms with Crippen molar-refractivity contribution in [3.05, 3.63) is 23.8 Å². The molecule has 0 radical (unpaired) electrons. The number of aliphatic imine (C=N–C) groups is 1. The summed E-state index contributed by atoms with van der Waals surface area (Å²) in [6.45, 7) is 4.79. The molecule has 1 fully saturated rings. The summed E-state index contributed by atoms with van der Waals surface area (Å²) in [6.07, 6.45) is 8.78. The smallest absolute Gasteiger partial charge is 0.271 e. The molecule has 1 saturated carbocycles. The zero-order valence-corrected chi connectivity index (χ0v) is 16.0. The summed E-state index contributed by atoms with van der Waals surface area (Å²) in [4.78, 5) is 24.6. The highest BCUT2D eigenvalue weighted by Gasteiger charge is 2.20. The number of carbonyl (C=O) groups is 1. The molecule has 1 aliphatic carbocycles. The fourth-order valence-electron chi connectivity index (χ4n) is 2.55. The third-order valence-electron chi connectivity index (χ3n) is 4.31. The van der Waals surface area contributed by atoms with E-state index >= 15 is 0 Å². The van der Waals surface area contributed by atoms with Crippen LogP contribution in [0.15, 0.2) is 23.1 Å². The van der Waals surface area contributed by atoms with Crippen molar-refractivity contribution >= 4 is 23.8 Å². The Balaban J connectivity index is 2.18. The van der Waals surface area contributed by atoms with Crippen LogP contribution >= 0.6 is 0 Å². The molecule has 1 aliphatic rings. The van der Waals surface area contributed by atoms with Gasteiger partial charge in [-0.1, -0.05) is 13.3 Å². The maximum absolute atomic E-state index is 11.7. The standard InChI is InChI=1S/C18H30N8O/c1-3-4-14(11(2)20)25-15-10-23-16(17(21)27)18(26-15)24-13(7-19)9-22-8-12-5-6-12/h7,9-12,14H,3-6,8,19-20H2,1-2H3,(H2,21,27)(H2,24,25,26)/t11-,14+/m0/s1. The van der Waals surface area contributed by atoms with Crippen LogP contribution in [0.2, 0.25) is 0 Å². The van der Waals surface area contributed by atoms with Gasteiger partial charge in [-0.3, -0.25) is 9.79 Å². The molecule has 2 rings (SSSR count). The highest BCUT2D eigenvalue weighted by molar-refractivity contribution is 5.97. The summed E-state index contributed by atoms with van der Waals surface area (Å²) < 4.78 is 0. The van der Waals surface area contributed by atoms with Gasteiger partial charge in [-0.2, -0.15) is 0 Å². The molecule has 0 aliphatic heterocycles. The van der Waals surface area contributed by atoms with Gasteiger partial charge in [-0.15, -0.1) is 0 Å². The molecule has 1 amide bonds. The van der Waals surface area contributed by atoms with Gasteiger partial charge in [0.15, 0.2) is 11.5 Å². The van der Waals surface area contributed by atoms with E-state index < -0.39 is 5.91 Å². The number of aromatic nitrogens is 2. The predicted octanol–water partition coefficient (Wildman–Crippen LogP) is 1.20. The van der Waals surface area contributed by atoms with E-state index in [0.717, 1.165) is 19.4 Å². The van der Waals surface area contributed by atoms with Crippen molar-refractivity contribution in [3.63, 3.8) is 0 Å². The van der Waals surface area contributed by atoms with Gasteiger partial charge < -0.3 is 27.8 Å². The number of anilines is 2. The molecule has 1 aromatic rings. The summed E-state index contributed by atoms with van der Waals surface area (Å²) in [5.41, 5.74) is 17.7. The molecule has 0 saturated heterocycles. The van der Waals surface area contributed by atoms with E-state index in [-0.39, 0.29) is 23.6 Å². The van der Waals surface area contributed by atoms with Crippen LogP contribution < -0.4 is 27.8 Å². The van der Waals surface area contributed by atoms with Crippen molar-refractivity contribution in [1.82, 2.24) is 9.97 Å². The number of nitrogens with two attached hydrogens (primary N) is 3. The van der Waals surface area contributed by atoms with Crippen LogP contribution in [0.25, 0.3) is 0 Å². The van der Waals surface area contributed by atoms with Gasteiger partial charge in [-0.05, 0) is 32.1 Å². The predicted molar refractivity (Wildman–Crippen MR) is 108 cm³/mol. The third kappa shape index (κ3) is 6.52. The Morgan fingerprint density at radius 1 is 1.48 bits per heavy atom. The molecule has 0 aromatic carbocycles. The quantitative estimate of drug-likeness (QED) is 0.364. The van der Waals surface area contributed by atoms with Crippen LogP contribution in [0.4, 0.5) is 11.6 Å². The maximum Gasteiger partial charge on any atom is 0.271 e. The fraction of sp³-hybridized carbons (Fsp3) is 0.556. The topological polar surface area (TPSA) is 157 Å². The highest BCUT2D eigenvalue weighted by atomic mass is 16.1. The Bertz CT molecular complexity index is 697. The van der Waals surface area contributed by atoms with Gasteiger partial charge in [0.2, 0.25) is 0 Å². The molecule has 27 heavy (non-hydrogen) atoms. The SMILES string of the molecule is CCC[C@@H](Nc1cnc(C(N)=O)c(NC(C=NCC2CC2)=CN)n1)[C@H](C)N. The molecule has 9 nitrogen and oxygen atoms in total. The molecule has 8 N–H and O–H groups in total. The largest absolute Gasteiger partial charge is 0.403 e. The van der Waals surface area contributed by atoms with Gasteiger partial charge in [0.05, 0.1) is 11.9 Å². The number of primary amides is 1. The van der Waals surface area contributed by atoms with E-state index in [1.807, 2.05) is 6.92 Å². The average Bonchev–Trinajstić information content (AvgIpc) is 3.44. The van der Waals surface area contributed by atoms with Gasteiger partial charge in [-0.25, -0.2) is 9.97 Å². The van der Waals surface area contributed by atoms with Gasteiger partial charge in [0.25, 0.3) is 5.91 Å². The Labute approximate surface area is 159 Å². The van der Waals surface area contributed by atoms with Crippen molar-refractivity contribution < 1.29 is 4.79 Å². The second-order valence-corrected chi connectivity index (χ2v) is 6.90. The van der Waals surface area contributed by atoms with Crippen molar-refractivity contribution in [2.24, 2.45) is 28.1 Å². The monoisotopic (exact) mass is 374 g/mol. The summed E-state index contributed by atoms with van der Waals surface area (Å²) in [5.74, 6) is 0.717. The lowest BCUT2D eigenvalue weighted by Gasteiger charge is -2.22. The number of nitrogens with zero attached hydrogens (tertiary/aromatic N) is 3. The number of allylic oxidation sites excluding steroid dienone is 1. The summed E-state index contributed by atoms with van der Waals surface area (Å²) in [7, 11) is 0. The van der Waals surface area contributed by atoms with Crippen molar-refractivity contribution in [2.75, 3.05) is 17.2 Å². The minimum atomic E-state index is -0.680. The Hall–Kier alpha value is -2.68. The Morgan fingerprint density at radius 3 is 2.78 bits per heavy atom. The first-order valence-corrected chi connectivity index (χ1v) is 9.32. The Morgan fingerprint density at radius 2 is 2.22 bits per heavy atom. The van der Waals surface area contributed by atoms with Crippen LogP contribution in [-0.4, -0.2) is 40.7 Å². The number of nitrogens with one attached hydrogen (secondary N) is 2. The van der Waals surface area contributed by atoms with Crippen LogP contribution in [0.5, 0.6) is 0 Å². The van der Waals surface area contributed by atoms with Gasteiger partial charge >= 0.3 is 0 Å². The maximum atomic E-state index is 11.7. The number of hydrogen-bond acceptors (Lipinski definition) is 8. The second-order valence-electron chi connectivity index (χ2n) is 6.90.